The van der Waals surface area contributed by atoms with Crippen LogP contribution in [0.5, 0.6) is 0 Å². The van der Waals surface area contributed by atoms with Gasteiger partial charge in [0.15, 0.2) is 19.7 Å². The molecule has 0 aliphatic heterocycles. The van der Waals surface area contributed by atoms with Crippen LogP contribution in [0.3, 0.4) is 0 Å². The molecule has 172 valence electrons. The molecular formula is C15H22Cl2N2O8S3. The van der Waals surface area contributed by atoms with Gasteiger partial charge < -0.3 is 10.6 Å². The Balaban J connectivity index is 3.21. The van der Waals surface area contributed by atoms with Crippen molar-refractivity contribution >= 4 is 64.6 Å². The summed E-state index contributed by atoms with van der Waals surface area (Å²) in [5.41, 5.74) is 4.99. The molecule has 0 saturated heterocycles. The highest BCUT2D eigenvalue weighted by atomic mass is 35.5. The van der Waals surface area contributed by atoms with Crippen LogP contribution in [0.1, 0.15) is 10.4 Å². The smallest absolute Gasteiger partial charge is 0.296 e. The molecule has 30 heavy (non-hydrogen) atoms. The molecule has 1 amide bonds. The number of nitrogens with zero attached hydrogens (tertiary/aromatic N) is 1. The third-order valence-corrected chi connectivity index (χ3v) is 8.94. The van der Waals surface area contributed by atoms with Crippen molar-refractivity contribution in [3.63, 3.8) is 0 Å². The first-order valence-electron chi connectivity index (χ1n) is 8.41. The van der Waals surface area contributed by atoms with Crippen molar-refractivity contribution < 1.29 is 34.6 Å². The number of alkyl halides is 2. The van der Waals surface area contributed by atoms with Gasteiger partial charge in [-0.15, -0.1) is 23.2 Å². The van der Waals surface area contributed by atoms with Crippen molar-refractivity contribution in [3.8, 4) is 0 Å². The molecule has 0 unspecified atom stereocenters. The number of amides is 1. The molecule has 0 bridgehead atoms. The molecule has 3 N–H and O–H groups in total. The predicted molar refractivity (Wildman–Crippen MR) is 115 cm³/mol. The molecular weight excluding hydrogens is 503 g/mol. The largest absolute Gasteiger partial charge is 0.398 e. The monoisotopic (exact) mass is 524 g/mol. The molecule has 0 aromatic heterocycles. The lowest BCUT2D eigenvalue weighted by Gasteiger charge is -2.23. The van der Waals surface area contributed by atoms with Crippen molar-refractivity contribution in [2.24, 2.45) is 0 Å². The zero-order valence-corrected chi connectivity index (χ0v) is 19.7. The summed E-state index contributed by atoms with van der Waals surface area (Å²) < 4.78 is 79.8. The summed E-state index contributed by atoms with van der Waals surface area (Å²) >= 11 is 10.9. The van der Waals surface area contributed by atoms with Crippen molar-refractivity contribution in [2.45, 2.75) is 4.90 Å². The highest BCUT2D eigenvalue weighted by Gasteiger charge is 2.24. The number of carbonyl (C=O) groups excluding carboxylic acids is 1. The van der Waals surface area contributed by atoms with E-state index in [1.54, 1.807) is 0 Å². The van der Waals surface area contributed by atoms with E-state index in [1.165, 1.54) is 6.07 Å². The average Bonchev–Trinajstić information content (AvgIpc) is 2.60. The fraction of sp³-hybridized carbons (Fsp3) is 0.533. The Labute approximate surface area is 185 Å². The molecule has 0 saturated carbocycles. The molecule has 0 atom stereocenters. The number of anilines is 1. The van der Waals surface area contributed by atoms with Gasteiger partial charge in [-0.2, -0.15) is 8.42 Å². The quantitative estimate of drug-likeness (QED) is 0.221. The first kappa shape index (κ1) is 26.9. The molecule has 10 nitrogen and oxygen atoms in total. The van der Waals surface area contributed by atoms with E-state index in [4.69, 9.17) is 28.9 Å². The lowest BCUT2D eigenvalue weighted by atomic mass is 10.2. The molecule has 0 radical (unpaired) electrons. The standard InChI is InChI=1S/C15H22Cl2N2O8S3/c16-3-7-28(21,22)9-5-19(6-10-29(23,24)8-4-17)15(20)12-1-2-13(18)14(11-12)30(25,26)27/h1-2,11H,3-10,18H2,(H,25,26,27). The highest BCUT2D eigenvalue weighted by Crippen LogP contribution is 2.20. The zero-order valence-electron chi connectivity index (χ0n) is 15.7. The Morgan fingerprint density at radius 2 is 1.37 bits per heavy atom. The van der Waals surface area contributed by atoms with Crippen LogP contribution in [-0.4, -0.2) is 88.5 Å². The van der Waals surface area contributed by atoms with Crippen LogP contribution in [0.15, 0.2) is 23.1 Å². The van der Waals surface area contributed by atoms with Gasteiger partial charge in [0, 0.05) is 30.4 Å². The Morgan fingerprint density at radius 1 is 0.900 bits per heavy atom. The number of nitrogens with two attached hydrogens (primary N) is 1. The number of carbonyl (C=O) groups is 1. The van der Waals surface area contributed by atoms with Crippen LogP contribution in [-0.2, 0) is 29.8 Å². The van der Waals surface area contributed by atoms with Crippen LogP contribution < -0.4 is 5.73 Å². The summed E-state index contributed by atoms with van der Waals surface area (Å²) in [6, 6.07) is 3.10. The molecule has 0 aliphatic carbocycles. The van der Waals surface area contributed by atoms with E-state index in [0.29, 0.717) is 0 Å². The van der Waals surface area contributed by atoms with E-state index in [0.717, 1.165) is 17.0 Å². The molecule has 1 rings (SSSR count). The van der Waals surface area contributed by atoms with Gasteiger partial charge in [-0.05, 0) is 18.2 Å². The van der Waals surface area contributed by atoms with Gasteiger partial charge in [0.2, 0.25) is 0 Å². The Bertz CT molecular complexity index is 1030. The first-order chi connectivity index (χ1) is 13.7. The normalized spacial score (nSPS) is 12.6. The van der Waals surface area contributed by atoms with E-state index >= 15 is 0 Å². The van der Waals surface area contributed by atoms with Crippen molar-refractivity contribution in [2.75, 3.05) is 53.6 Å². The minimum absolute atomic E-state index is 0.143. The minimum atomic E-state index is -4.72. The number of sulfone groups is 2. The molecule has 15 heteroatoms. The van der Waals surface area contributed by atoms with Crippen molar-refractivity contribution in [1.82, 2.24) is 4.90 Å². The maximum Gasteiger partial charge on any atom is 0.296 e. The Hall–Kier alpha value is -1.12. The number of hydrogen-bond donors (Lipinski definition) is 2. The number of benzene rings is 1. The van der Waals surface area contributed by atoms with Crippen molar-refractivity contribution in [1.29, 1.82) is 0 Å². The maximum absolute atomic E-state index is 12.9. The van der Waals surface area contributed by atoms with Gasteiger partial charge in [0.05, 0.1) is 28.7 Å². The number of rotatable bonds is 12. The van der Waals surface area contributed by atoms with E-state index in [9.17, 15) is 34.6 Å². The van der Waals surface area contributed by atoms with Gasteiger partial charge in [0.1, 0.15) is 4.90 Å². The maximum atomic E-state index is 12.9. The minimum Gasteiger partial charge on any atom is -0.398 e. The molecule has 0 fully saturated rings. The SMILES string of the molecule is Nc1ccc(C(=O)N(CCS(=O)(=O)CCCl)CCS(=O)(=O)CCCl)cc1S(=O)(=O)O. The number of nitrogen functional groups attached to an aromatic ring is 1. The second-order valence-corrected chi connectivity index (χ2v) is 13.0. The summed E-state index contributed by atoms with van der Waals surface area (Å²) in [5.74, 6) is -2.71. The summed E-state index contributed by atoms with van der Waals surface area (Å²) in [5, 5.41) is 0. The van der Waals surface area contributed by atoms with Crippen LogP contribution in [0.2, 0.25) is 0 Å². The van der Waals surface area contributed by atoms with Gasteiger partial charge >= 0.3 is 0 Å². The van der Waals surface area contributed by atoms with Crippen LogP contribution in [0, 0.1) is 0 Å². The second-order valence-electron chi connectivity index (χ2n) is 6.20. The fourth-order valence-electron chi connectivity index (χ4n) is 2.33. The number of halogens is 2. The summed E-state index contributed by atoms with van der Waals surface area (Å²) in [4.78, 5) is 13.1. The fourth-order valence-corrected chi connectivity index (χ4v) is 6.25. The molecule has 0 heterocycles. The topological polar surface area (TPSA) is 169 Å². The molecule has 1 aromatic rings. The van der Waals surface area contributed by atoms with Gasteiger partial charge in [0.25, 0.3) is 16.0 Å². The summed E-state index contributed by atoms with van der Waals surface area (Å²) in [6.07, 6.45) is 0. The highest BCUT2D eigenvalue weighted by molar-refractivity contribution is 7.91. The van der Waals surface area contributed by atoms with Gasteiger partial charge in [-0.3, -0.25) is 9.35 Å². The van der Waals surface area contributed by atoms with E-state index in [2.05, 4.69) is 0 Å². The second kappa shape index (κ2) is 11.0. The third-order valence-electron chi connectivity index (χ3n) is 3.95. The predicted octanol–water partition coefficient (Wildman–Crippen LogP) is 0.265. The zero-order chi connectivity index (χ0) is 23.2. The first-order valence-corrected chi connectivity index (χ1v) is 14.6. The molecule has 1 aromatic carbocycles. The van der Waals surface area contributed by atoms with Crippen molar-refractivity contribution in [3.05, 3.63) is 23.8 Å². The van der Waals surface area contributed by atoms with Crippen LogP contribution in [0.25, 0.3) is 0 Å². The summed E-state index contributed by atoms with van der Waals surface area (Å²) in [7, 11) is -11.9. The van der Waals surface area contributed by atoms with E-state index in [1.807, 2.05) is 0 Å². The third kappa shape index (κ3) is 8.55. The number of hydrogen-bond acceptors (Lipinski definition) is 8. The average molecular weight is 525 g/mol. The van der Waals surface area contributed by atoms with E-state index < -0.39 is 52.1 Å². The lowest BCUT2D eigenvalue weighted by Crippen LogP contribution is -2.39. The van der Waals surface area contributed by atoms with E-state index in [-0.39, 0.29) is 47.6 Å². The van der Waals surface area contributed by atoms with Crippen LogP contribution in [0.4, 0.5) is 5.69 Å². The molecule has 0 aliphatic rings. The Morgan fingerprint density at radius 3 is 1.77 bits per heavy atom. The lowest BCUT2D eigenvalue weighted by molar-refractivity contribution is 0.0775. The van der Waals surface area contributed by atoms with Gasteiger partial charge in [-0.1, -0.05) is 0 Å². The Kier molecular flexibility index (Phi) is 9.83. The van der Waals surface area contributed by atoms with Gasteiger partial charge in [-0.25, -0.2) is 16.8 Å². The molecule has 0 spiro atoms. The summed E-state index contributed by atoms with van der Waals surface area (Å²) in [6.45, 7) is -0.694. The van der Waals surface area contributed by atoms with Crippen LogP contribution >= 0.6 is 23.2 Å².